The molecule has 7 nitrogen and oxygen atoms in total. The molecule has 0 saturated carbocycles. The first-order chi connectivity index (χ1) is 15.6. The third-order valence-electron chi connectivity index (χ3n) is 5.19. The monoisotopic (exact) mass is 459 g/mol. The van der Waals surface area contributed by atoms with Crippen molar-refractivity contribution in [2.24, 2.45) is 5.92 Å². The predicted octanol–water partition coefficient (Wildman–Crippen LogP) is 3.72. The summed E-state index contributed by atoms with van der Waals surface area (Å²) in [6, 6.07) is 8.90. The summed E-state index contributed by atoms with van der Waals surface area (Å²) in [7, 11) is 0. The number of halogens is 4. The van der Waals surface area contributed by atoms with Crippen molar-refractivity contribution < 1.29 is 27.2 Å². The molecule has 1 aliphatic heterocycles. The van der Waals surface area contributed by atoms with Gasteiger partial charge in [0.1, 0.15) is 12.4 Å². The van der Waals surface area contributed by atoms with E-state index in [1.54, 1.807) is 6.07 Å². The number of nitrogens with zero attached hydrogens (tertiary/aromatic N) is 2. The highest BCUT2D eigenvalue weighted by molar-refractivity contribution is 6.05. The Hall–Kier alpha value is -4.07. The number of fused-ring (bicyclic) bond motifs is 1. The molecule has 2 aromatic rings. The highest BCUT2D eigenvalue weighted by Gasteiger charge is 2.49. The van der Waals surface area contributed by atoms with Crippen LogP contribution in [0.2, 0.25) is 0 Å². The van der Waals surface area contributed by atoms with E-state index in [0.717, 1.165) is 12.1 Å². The third-order valence-corrected chi connectivity index (χ3v) is 5.19. The number of carbonyl (C=O) groups excluding carboxylic acids is 2. The summed E-state index contributed by atoms with van der Waals surface area (Å²) >= 11 is 0. The molecular weight excluding hydrogens is 442 g/mol. The smallest absolute Gasteiger partial charge is 0.325 e. The number of nitriles is 1. The molecule has 0 fully saturated rings. The molecule has 11 heteroatoms. The zero-order valence-electron chi connectivity index (χ0n) is 16.9. The number of hydrogen-bond donors (Lipinski definition) is 3. The molecule has 3 N–H and O–H groups in total. The van der Waals surface area contributed by atoms with Gasteiger partial charge in [-0.2, -0.15) is 18.4 Å². The minimum Gasteiger partial charge on any atom is -0.325 e. The van der Waals surface area contributed by atoms with E-state index in [9.17, 15) is 27.2 Å². The summed E-state index contributed by atoms with van der Waals surface area (Å²) in [5, 5.41) is 26.6. The number of amides is 2. The summed E-state index contributed by atoms with van der Waals surface area (Å²) in [5.74, 6) is -5.39. The van der Waals surface area contributed by atoms with Crippen molar-refractivity contribution in [1.29, 1.82) is 16.1 Å². The lowest BCUT2D eigenvalue weighted by Crippen LogP contribution is -2.57. The molecule has 1 heterocycles. The van der Waals surface area contributed by atoms with Crippen molar-refractivity contribution in [3.05, 3.63) is 65.0 Å². The second-order valence-corrected chi connectivity index (χ2v) is 7.34. The highest BCUT2D eigenvalue weighted by Crippen LogP contribution is 2.38. The summed E-state index contributed by atoms with van der Waals surface area (Å²) in [5.41, 5.74) is -0.192. The second-order valence-electron chi connectivity index (χ2n) is 7.34. The van der Waals surface area contributed by atoms with Gasteiger partial charge in [-0.25, -0.2) is 4.39 Å². The van der Waals surface area contributed by atoms with Crippen LogP contribution in [0, 0.1) is 33.9 Å². The fourth-order valence-electron chi connectivity index (χ4n) is 3.91. The molecule has 0 aromatic heterocycles. The van der Waals surface area contributed by atoms with E-state index in [4.69, 9.17) is 16.1 Å². The van der Waals surface area contributed by atoms with E-state index in [1.807, 2.05) is 0 Å². The molecule has 3 rings (SSSR count). The number of nitrogens with one attached hydrogen (secondary N) is 3. The Balaban J connectivity index is 2.15. The molecule has 0 spiro atoms. The Kier molecular flexibility index (Phi) is 6.57. The second kappa shape index (κ2) is 9.20. The SMILES string of the molecule is N#Cc1cc(F)cc(NC(=O)[C@@H]2c3ccccc3C(=O)N(CC(F)(F)F)[C@H]2C(C=N)C=N)c1. The number of carbonyl (C=O) groups is 2. The van der Waals surface area contributed by atoms with Gasteiger partial charge in [-0.1, -0.05) is 18.2 Å². The first kappa shape index (κ1) is 23.6. The molecular formula is C22H17F4N5O2. The van der Waals surface area contributed by atoms with Gasteiger partial charge < -0.3 is 21.0 Å². The maximum Gasteiger partial charge on any atom is 0.406 e. The maximum atomic E-state index is 13.8. The van der Waals surface area contributed by atoms with Crippen molar-refractivity contribution >= 4 is 29.9 Å². The molecule has 1 aliphatic rings. The molecule has 0 radical (unpaired) electrons. The molecule has 170 valence electrons. The molecule has 2 amide bonds. The zero-order valence-corrected chi connectivity index (χ0v) is 16.9. The Morgan fingerprint density at radius 2 is 1.88 bits per heavy atom. The Bertz CT molecular complexity index is 1150. The fraction of sp³-hybridized carbons (Fsp3) is 0.227. The molecule has 2 aromatic carbocycles. The average Bonchev–Trinajstić information content (AvgIpc) is 2.75. The highest BCUT2D eigenvalue weighted by atomic mass is 19.4. The predicted molar refractivity (Wildman–Crippen MR) is 111 cm³/mol. The molecule has 2 atom stereocenters. The van der Waals surface area contributed by atoms with Gasteiger partial charge in [0, 0.05) is 29.6 Å². The van der Waals surface area contributed by atoms with Gasteiger partial charge in [-0.05, 0) is 29.8 Å². The van der Waals surface area contributed by atoms with Crippen LogP contribution in [0.1, 0.15) is 27.4 Å². The van der Waals surface area contributed by atoms with Gasteiger partial charge in [0.15, 0.2) is 0 Å². The average molecular weight is 459 g/mol. The Labute approximate surface area is 185 Å². The topological polar surface area (TPSA) is 121 Å². The van der Waals surface area contributed by atoms with E-state index in [2.05, 4.69) is 5.32 Å². The molecule has 0 aliphatic carbocycles. The molecule has 0 saturated heterocycles. The summed E-state index contributed by atoms with van der Waals surface area (Å²) in [4.78, 5) is 26.7. The standard InChI is InChI=1S/C22H17F4N5O2/c23-14-5-12(8-27)6-15(7-14)30-20(32)18-16-3-1-2-4-17(16)21(33)31(11-22(24,25)26)19(18)13(9-28)10-29/h1-7,9-10,13,18-19,28-29H,11H2,(H,30,32)/t13?,18-,19+/m1/s1. The fourth-order valence-corrected chi connectivity index (χ4v) is 3.91. The van der Waals surface area contributed by atoms with Gasteiger partial charge in [-0.3, -0.25) is 9.59 Å². The minimum atomic E-state index is -4.81. The number of alkyl halides is 3. The lowest BCUT2D eigenvalue weighted by Gasteiger charge is -2.43. The largest absolute Gasteiger partial charge is 0.406 e. The van der Waals surface area contributed by atoms with Gasteiger partial charge in [-0.15, -0.1) is 0 Å². The van der Waals surface area contributed by atoms with E-state index in [0.29, 0.717) is 17.3 Å². The minimum absolute atomic E-state index is 0.0865. The summed E-state index contributed by atoms with van der Waals surface area (Å²) in [6.07, 6.45) is -3.42. The quantitative estimate of drug-likeness (QED) is 0.451. The van der Waals surface area contributed by atoms with Crippen LogP contribution in [-0.4, -0.2) is 47.9 Å². The van der Waals surface area contributed by atoms with Crippen LogP contribution in [0.25, 0.3) is 0 Å². The van der Waals surface area contributed by atoms with Crippen molar-refractivity contribution in [1.82, 2.24) is 4.90 Å². The van der Waals surface area contributed by atoms with Crippen LogP contribution in [-0.2, 0) is 4.79 Å². The van der Waals surface area contributed by atoms with Gasteiger partial charge >= 0.3 is 6.18 Å². The van der Waals surface area contributed by atoms with Crippen molar-refractivity contribution in [3.8, 4) is 6.07 Å². The van der Waals surface area contributed by atoms with E-state index >= 15 is 0 Å². The Morgan fingerprint density at radius 3 is 2.48 bits per heavy atom. The molecule has 0 bridgehead atoms. The molecule has 0 unspecified atom stereocenters. The summed E-state index contributed by atoms with van der Waals surface area (Å²) in [6.45, 7) is -1.69. The maximum absolute atomic E-state index is 13.8. The van der Waals surface area contributed by atoms with Crippen LogP contribution in [0.5, 0.6) is 0 Å². The van der Waals surface area contributed by atoms with Crippen molar-refractivity contribution in [2.45, 2.75) is 18.1 Å². The first-order valence-corrected chi connectivity index (χ1v) is 9.59. The zero-order chi connectivity index (χ0) is 24.3. The van der Waals surface area contributed by atoms with Gasteiger partial charge in [0.05, 0.1) is 23.6 Å². The van der Waals surface area contributed by atoms with Crippen LogP contribution in [0.4, 0.5) is 23.2 Å². The normalized spacial score (nSPS) is 18.6. The lowest BCUT2D eigenvalue weighted by atomic mass is 9.77. The lowest BCUT2D eigenvalue weighted by molar-refractivity contribution is -0.148. The number of anilines is 1. The van der Waals surface area contributed by atoms with Crippen LogP contribution >= 0.6 is 0 Å². The van der Waals surface area contributed by atoms with Crippen molar-refractivity contribution in [2.75, 3.05) is 11.9 Å². The number of rotatable bonds is 6. The van der Waals surface area contributed by atoms with E-state index < -0.39 is 48.2 Å². The Morgan fingerprint density at radius 1 is 1.21 bits per heavy atom. The number of hydrogen-bond acceptors (Lipinski definition) is 5. The molecule has 33 heavy (non-hydrogen) atoms. The van der Waals surface area contributed by atoms with Gasteiger partial charge in [0.25, 0.3) is 5.91 Å². The van der Waals surface area contributed by atoms with Crippen LogP contribution < -0.4 is 5.32 Å². The number of benzene rings is 2. The van der Waals surface area contributed by atoms with Crippen LogP contribution in [0.3, 0.4) is 0 Å². The van der Waals surface area contributed by atoms with Crippen LogP contribution in [0.15, 0.2) is 42.5 Å². The van der Waals surface area contributed by atoms with E-state index in [1.165, 1.54) is 30.3 Å². The first-order valence-electron chi connectivity index (χ1n) is 9.59. The summed E-state index contributed by atoms with van der Waals surface area (Å²) < 4.78 is 53.9. The third kappa shape index (κ3) is 4.90. The van der Waals surface area contributed by atoms with Gasteiger partial charge in [0.2, 0.25) is 5.91 Å². The van der Waals surface area contributed by atoms with Crippen molar-refractivity contribution in [3.63, 3.8) is 0 Å². The van der Waals surface area contributed by atoms with E-state index in [-0.39, 0.29) is 22.4 Å².